The predicted octanol–water partition coefficient (Wildman–Crippen LogP) is 2.85. The summed E-state index contributed by atoms with van der Waals surface area (Å²) in [6, 6.07) is 1.82. The molecule has 0 atom stereocenters. The normalized spacial score (nSPS) is 14.3. The molecule has 1 fully saturated rings. The van der Waals surface area contributed by atoms with Crippen LogP contribution in [0.5, 0.6) is 0 Å². The van der Waals surface area contributed by atoms with Crippen LogP contribution in [0.2, 0.25) is 0 Å². The molecule has 124 valence electrons. The van der Waals surface area contributed by atoms with Crippen molar-refractivity contribution >= 4 is 28.3 Å². The largest absolute Gasteiger partial charge is 0.346 e. The topological polar surface area (TPSA) is 72.7 Å². The maximum Gasteiger partial charge on any atom is 0.252 e. The van der Waals surface area contributed by atoms with Gasteiger partial charge < -0.3 is 5.32 Å². The highest BCUT2D eigenvalue weighted by Crippen LogP contribution is 2.41. The number of hydrogen-bond acceptors (Lipinski definition) is 5. The van der Waals surface area contributed by atoms with E-state index in [4.69, 9.17) is 0 Å². The molecule has 0 spiro atoms. The molecule has 0 aromatic carbocycles. The fourth-order valence-corrected chi connectivity index (χ4v) is 3.93. The Labute approximate surface area is 143 Å². The second-order valence-electron chi connectivity index (χ2n) is 6.35. The number of pyridine rings is 1. The Morgan fingerprint density at radius 2 is 2.17 bits per heavy atom. The summed E-state index contributed by atoms with van der Waals surface area (Å²) in [6.45, 7) is 4.24. The Morgan fingerprint density at radius 1 is 1.38 bits per heavy atom. The zero-order chi connectivity index (χ0) is 16.8. The first kappa shape index (κ1) is 15.3. The Kier molecular flexibility index (Phi) is 3.60. The van der Waals surface area contributed by atoms with Gasteiger partial charge in [0.1, 0.15) is 0 Å². The highest BCUT2D eigenvalue weighted by Gasteiger charge is 2.26. The summed E-state index contributed by atoms with van der Waals surface area (Å²) in [5.41, 5.74) is 3.92. The molecule has 0 saturated heterocycles. The van der Waals surface area contributed by atoms with Crippen molar-refractivity contribution < 1.29 is 4.79 Å². The number of amides is 1. The van der Waals surface area contributed by atoms with Crippen molar-refractivity contribution in [1.29, 1.82) is 0 Å². The predicted molar refractivity (Wildman–Crippen MR) is 93.2 cm³/mol. The second kappa shape index (κ2) is 5.66. The summed E-state index contributed by atoms with van der Waals surface area (Å²) in [7, 11) is 1.85. The number of nitrogens with zero attached hydrogens (tertiary/aromatic N) is 4. The molecular formula is C17H19N5OS. The molecule has 6 nitrogen and oxygen atoms in total. The van der Waals surface area contributed by atoms with Crippen LogP contribution in [0.3, 0.4) is 0 Å². The van der Waals surface area contributed by atoms with Crippen LogP contribution in [0, 0.1) is 13.8 Å². The molecular weight excluding hydrogens is 322 g/mol. The molecule has 4 rings (SSSR count). The smallest absolute Gasteiger partial charge is 0.252 e. The molecule has 3 aromatic heterocycles. The average Bonchev–Trinajstić information content (AvgIpc) is 3.22. The van der Waals surface area contributed by atoms with Gasteiger partial charge in [0.15, 0.2) is 5.65 Å². The molecule has 0 aliphatic heterocycles. The molecule has 0 radical (unpaired) electrons. The zero-order valence-corrected chi connectivity index (χ0v) is 14.8. The summed E-state index contributed by atoms with van der Waals surface area (Å²) in [4.78, 5) is 21.8. The molecule has 7 heteroatoms. The van der Waals surface area contributed by atoms with Gasteiger partial charge in [-0.1, -0.05) is 0 Å². The van der Waals surface area contributed by atoms with Gasteiger partial charge in [0.2, 0.25) is 0 Å². The Hall–Kier alpha value is -2.28. The standard InChI is InChI=1S/C17H19N5OS/c1-9-6-13(14-10(2)21-22(3)15(14)19-9)16(23)18-7-12-8-24-17(20-12)11-4-5-11/h6,8,11H,4-5,7H2,1-3H3,(H,18,23). The molecule has 3 heterocycles. The summed E-state index contributed by atoms with van der Waals surface area (Å²) in [6.07, 6.45) is 2.49. The van der Waals surface area contributed by atoms with E-state index in [2.05, 4.69) is 20.4 Å². The van der Waals surface area contributed by atoms with Crippen LogP contribution in [0.4, 0.5) is 0 Å². The maximum atomic E-state index is 12.7. The number of fused-ring (bicyclic) bond motifs is 1. The SMILES string of the molecule is Cc1cc(C(=O)NCc2csc(C3CC3)n2)c2c(C)nn(C)c2n1. The third-order valence-corrected chi connectivity index (χ3v) is 5.32. The molecule has 1 amide bonds. The second-order valence-corrected chi connectivity index (χ2v) is 7.24. The molecule has 1 aliphatic rings. The number of carbonyl (C=O) groups excluding carboxylic acids is 1. The van der Waals surface area contributed by atoms with E-state index in [9.17, 15) is 4.79 Å². The van der Waals surface area contributed by atoms with Crippen LogP contribution in [0.1, 0.15) is 51.2 Å². The van der Waals surface area contributed by atoms with Crippen molar-refractivity contribution in [3.63, 3.8) is 0 Å². The van der Waals surface area contributed by atoms with Crippen molar-refractivity contribution in [2.24, 2.45) is 7.05 Å². The van der Waals surface area contributed by atoms with Crippen LogP contribution < -0.4 is 5.32 Å². The van der Waals surface area contributed by atoms with E-state index < -0.39 is 0 Å². The van der Waals surface area contributed by atoms with E-state index in [1.54, 1.807) is 16.0 Å². The van der Waals surface area contributed by atoms with E-state index in [-0.39, 0.29) is 5.91 Å². The number of carbonyl (C=O) groups is 1. The van der Waals surface area contributed by atoms with Crippen molar-refractivity contribution in [2.45, 2.75) is 39.2 Å². The molecule has 3 aromatic rings. The first-order valence-corrected chi connectivity index (χ1v) is 8.94. The third-order valence-electron chi connectivity index (χ3n) is 4.27. The lowest BCUT2D eigenvalue weighted by Gasteiger charge is -2.07. The van der Waals surface area contributed by atoms with Gasteiger partial charge in [-0.2, -0.15) is 5.10 Å². The van der Waals surface area contributed by atoms with E-state index in [1.807, 2.05) is 32.3 Å². The fraction of sp³-hybridized carbons (Fsp3) is 0.412. The summed E-state index contributed by atoms with van der Waals surface area (Å²) in [5, 5.41) is 11.4. The van der Waals surface area contributed by atoms with E-state index in [1.165, 1.54) is 17.8 Å². The highest BCUT2D eigenvalue weighted by molar-refractivity contribution is 7.09. The van der Waals surface area contributed by atoms with Crippen molar-refractivity contribution in [3.05, 3.63) is 39.1 Å². The first-order chi connectivity index (χ1) is 11.5. The minimum absolute atomic E-state index is 0.109. The van der Waals surface area contributed by atoms with Gasteiger partial charge in [-0.25, -0.2) is 9.97 Å². The molecule has 0 bridgehead atoms. The summed E-state index contributed by atoms with van der Waals surface area (Å²) >= 11 is 1.69. The van der Waals surface area contributed by atoms with Gasteiger partial charge in [0.05, 0.1) is 33.9 Å². The fourth-order valence-electron chi connectivity index (χ4n) is 2.94. The number of rotatable bonds is 4. The number of thiazole rings is 1. The summed E-state index contributed by atoms with van der Waals surface area (Å²) in [5.74, 6) is 0.544. The Morgan fingerprint density at radius 3 is 2.92 bits per heavy atom. The maximum absolute atomic E-state index is 12.7. The van der Waals surface area contributed by atoms with Crippen LogP contribution in [0.15, 0.2) is 11.4 Å². The van der Waals surface area contributed by atoms with Crippen LogP contribution >= 0.6 is 11.3 Å². The van der Waals surface area contributed by atoms with E-state index >= 15 is 0 Å². The number of nitrogens with one attached hydrogen (secondary N) is 1. The number of hydrogen-bond donors (Lipinski definition) is 1. The Bertz CT molecular complexity index is 938. The van der Waals surface area contributed by atoms with Gasteiger partial charge >= 0.3 is 0 Å². The van der Waals surface area contributed by atoms with Crippen LogP contribution in [-0.2, 0) is 13.6 Å². The minimum atomic E-state index is -0.109. The van der Waals surface area contributed by atoms with Crippen molar-refractivity contribution in [2.75, 3.05) is 0 Å². The lowest BCUT2D eigenvalue weighted by atomic mass is 10.1. The van der Waals surface area contributed by atoms with E-state index in [0.29, 0.717) is 18.0 Å². The number of aryl methyl sites for hydroxylation is 3. The molecule has 1 saturated carbocycles. The Balaban J connectivity index is 1.58. The van der Waals surface area contributed by atoms with Crippen molar-refractivity contribution in [1.82, 2.24) is 25.1 Å². The molecule has 1 N–H and O–H groups in total. The van der Waals surface area contributed by atoms with Gasteiger partial charge in [-0.05, 0) is 32.8 Å². The van der Waals surface area contributed by atoms with Crippen LogP contribution in [-0.4, -0.2) is 25.7 Å². The van der Waals surface area contributed by atoms with Gasteiger partial charge in [0.25, 0.3) is 5.91 Å². The zero-order valence-electron chi connectivity index (χ0n) is 14.0. The van der Waals surface area contributed by atoms with E-state index in [0.717, 1.165) is 28.1 Å². The lowest BCUT2D eigenvalue weighted by Crippen LogP contribution is -2.23. The minimum Gasteiger partial charge on any atom is -0.346 e. The molecule has 0 unspecified atom stereocenters. The summed E-state index contributed by atoms with van der Waals surface area (Å²) < 4.78 is 1.72. The average molecular weight is 341 g/mol. The molecule has 1 aliphatic carbocycles. The molecule has 24 heavy (non-hydrogen) atoms. The first-order valence-electron chi connectivity index (χ1n) is 8.06. The van der Waals surface area contributed by atoms with Gasteiger partial charge in [0, 0.05) is 24.0 Å². The highest BCUT2D eigenvalue weighted by atomic mass is 32.1. The van der Waals surface area contributed by atoms with Gasteiger partial charge in [-0.3, -0.25) is 9.48 Å². The third kappa shape index (κ3) is 2.69. The number of aromatic nitrogens is 4. The quantitative estimate of drug-likeness (QED) is 0.792. The van der Waals surface area contributed by atoms with Crippen LogP contribution in [0.25, 0.3) is 11.0 Å². The van der Waals surface area contributed by atoms with Gasteiger partial charge in [-0.15, -0.1) is 11.3 Å². The van der Waals surface area contributed by atoms with Crippen molar-refractivity contribution in [3.8, 4) is 0 Å². The monoisotopic (exact) mass is 341 g/mol. The lowest BCUT2D eigenvalue weighted by molar-refractivity contribution is 0.0952.